The first kappa shape index (κ1) is 16.4. The maximum Gasteiger partial charge on any atom is 0.331 e. The van der Waals surface area contributed by atoms with E-state index in [2.05, 4.69) is 5.32 Å². The standard InChI is InChI=1S/C18H20FN3O2S/c19-16-7-4-8-17-18(16)22(15-5-2-1-3-6-15)25(23,24)21(17)13-14-9-11-20-12-10-14/h1-8,14,20H,9-13H2. The molecule has 25 heavy (non-hydrogen) atoms. The Morgan fingerprint density at radius 3 is 2.48 bits per heavy atom. The van der Waals surface area contributed by atoms with E-state index in [4.69, 9.17) is 0 Å². The van der Waals surface area contributed by atoms with Gasteiger partial charge in [-0.3, -0.25) is 4.31 Å². The zero-order valence-corrected chi connectivity index (χ0v) is 14.5. The Labute approximate surface area is 147 Å². The van der Waals surface area contributed by atoms with E-state index in [1.54, 1.807) is 42.5 Å². The molecule has 0 atom stereocenters. The summed E-state index contributed by atoms with van der Waals surface area (Å²) in [6.07, 6.45) is 1.84. The molecule has 2 aliphatic heterocycles. The van der Waals surface area contributed by atoms with Gasteiger partial charge in [0.2, 0.25) is 0 Å². The predicted octanol–water partition coefficient (Wildman–Crippen LogP) is 3.03. The third-order valence-corrected chi connectivity index (χ3v) is 6.58. The second kappa shape index (κ2) is 6.31. The van der Waals surface area contributed by atoms with Crippen LogP contribution in [-0.2, 0) is 10.2 Å². The predicted molar refractivity (Wildman–Crippen MR) is 96.8 cm³/mol. The Balaban J connectivity index is 1.80. The van der Waals surface area contributed by atoms with Crippen molar-refractivity contribution in [3.63, 3.8) is 0 Å². The maximum atomic E-state index is 14.6. The lowest BCUT2D eigenvalue weighted by atomic mass is 9.98. The van der Waals surface area contributed by atoms with Gasteiger partial charge in [-0.05, 0) is 56.1 Å². The van der Waals surface area contributed by atoms with Gasteiger partial charge in [-0.2, -0.15) is 8.42 Å². The van der Waals surface area contributed by atoms with Gasteiger partial charge in [-0.25, -0.2) is 8.70 Å². The number of halogens is 1. The Hall–Kier alpha value is -2.12. The van der Waals surface area contributed by atoms with Crippen molar-refractivity contribution in [1.82, 2.24) is 5.32 Å². The van der Waals surface area contributed by atoms with Gasteiger partial charge in [0.1, 0.15) is 11.5 Å². The summed E-state index contributed by atoms with van der Waals surface area (Å²) in [5.41, 5.74) is 0.978. The second-order valence-corrected chi connectivity index (χ2v) is 8.14. The monoisotopic (exact) mass is 361 g/mol. The van der Waals surface area contributed by atoms with E-state index in [-0.39, 0.29) is 11.6 Å². The number of hydrogen-bond donors (Lipinski definition) is 1. The van der Waals surface area contributed by atoms with Crippen LogP contribution in [0.2, 0.25) is 0 Å². The Morgan fingerprint density at radius 2 is 1.76 bits per heavy atom. The SMILES string of the molecule is O=S1(=O)N(CC2CCNCC2)c2cccc(F)c2N1c1ccccc1. The summed E-state index contributed by atoms with van der Waals surface area (Å²) in [6, 6.07) is 13.2. The molecule has 0 amide bonds. The third-order valence-electron chi connectivity index (χ3n) is 4.82. The van der Waals surface area contributed by atoms with Crippen LogP contribution in [0, 0.1) is 11.7 Å². The number of rotatable bonds is 3. The first-order valence-electron chi connectivity index (χ1n) is 8.46. The molecule has 1 saturated heterocycles. The molecule has 2 aliphatic rings. The topological polar surface area (TPSA) is 52.7 Å². The largest absolute Gasteiger partial charge is 0.331 e. The third kappa shape index (κ3) is 2.77. The van der Waals surface area contributed by atoms with E-state index in [9.17, 15) is 12.8 Å². The first-order valence-corrected chi connectivity index (χ1v) is 9.86. The molecule has 0 spiro atoms. The van der Waals surface area contributed by atoms with E-state index in [1.807, 2.05) is 0 Å². The molecule has 2 aromatic rings. The molecular formula is C18H20FN3O2S. The maximum absolute atomic E-state index is 14.6. The Bertz CT molecular complexity index is 867. The fourth-order valence-corrected chi connectivity index (χ4v) is 5.35. The molecule has 0 saturated carbocycles. The molecule has 0 radical (unpaired) electrons. The van der Waals surface area contributed by atoms with Crippen LogP contribution in [0.4, 0.5) is 21.5 Å². The number of fused-ring (bicyclic) bond motifs is 1. The highest BCUT2D eigenvalue weighted by Gasteiger charge is 2.43. The number of anilines is 3. The second-order valence-electron chi connectivity index (χ2n) is 6.44. The summed E-state index contributed by atoms with van der Waals surface area (Å²) in [7, 11) is -3.86. The van der Waals surface area contributed by atoms with E-state index in [0.29, 0.717) is 17.9 Å². The lowest BCUT2D eigenvalue weighted by Crippen LogP contribution is -2.41. The van der Waals surface area contributed by atoms with Crippen molar-refractivity contribution in [2.45, 2.75) is 12.8 Å². The quantitative estimate of drug-likeness (QED) is 0.914. The summed E-state index contributed by atoms with van der Waals surface area (Å²) in [5.74, 6) is -0.263. The summed E-state index contributed by atoms with van der Waals surface area (Å²) in [4.78, 5) is 0. The lowest BCUT2D eigenvalue weighted by molar-refractivity contribution is 0.382. The van der Waals surface area contributed by atoms with Crippen LogP contribution in [0.25, 0.3) is 0 Å². The van der Waals surface area contributed by atoms with E-state index < -0.39 is 16.0 Å². The molecule has 0 bridgehead atoms. The van der Waals surface area contributed by atoms with Crippen molar-refractivity contribution >= 4 is 27.3 Å². The van der Waals surface area contributed by atoms with E-state index >= 15 is 0 Å². The normalized spacial score (nSPS) is 19.9. The highest BCUT2D eigenvalue weighted by atomic mass is 32.2. The van der Waals surface area contributed by atoms with Gasteiger partial charge >= 0.3 is 10.2 Å². The first-order chi connectivity index (χ1) is 12.1. The molecule has 5 nitrogen and oxygen atoms in total. The Kier molecular flexibility index (Phi) is 4.13. The molecule has 1 N–H and O–H groups in total. The average Bonchev–Trinajstić information content (AvgIpc) is 2.85. The van der Waals surface area contributed by atoms with Gasteiger partial charge < -0.3 is 5.32 Å². The zero-order valence-electron chi connectivity index (χ0n) is 13.7. The lowest BCUT2D eigenvalue weighted by Gasteiger charge is -2.28. The molecule has 1 fully saturated rings. The van der Waals surface area contributed by atoms with Crippen molar-refractivity contribution in [3.8, 4) is 0 Å². The molecule has 7 heteroatoms. The molecule has 4 rings (SSSR count). The number of benzene rings is 2. The molecule has 2 heterocycles. The van der Waals surface area contributed by atoms with Crippen LogP contribution in [0.5, 0.6) is 0 Å². The van der Waals surface area contributed by atoms with Crippen molar-refractivity contribution in [3.05, 3.63) is 54.3 Å². The number of piperidine rings is 1. The van der Waals surface area contributed by atoms with E-state index in [1.165, 1.54) is 10.4 Å². The number of nitrogens with one attached hydrogen (secondary N) is 1. The van der Waals surface area contributed by atoms with Crippen LogP contribution in [-0.4, -0.2) is 28.1 Å². The number of nitrogens with zero attached hydrogens (tertiary/aromatic N) is 2. The van der Waals surface area contributed by atoms with Crippen LogP contribution >= 0.6 is 0 Å². The smallest absolute Gasteiger partial charge is 0.317 e. The van der Waals surface area contributed by atoms with Crippen molar-refractivity contribution in [2.75, 3.05) is 28.2 Å². The number of hydrogen-bond acceptors (Lipinski definition) is 3. The highest BCUT2D eigenvalue weighted by Crippen LogP contribution is 2.47. The highest BCUT2D eigenvalue weighted by molar-refractivity contribution is 7.95. The summed E-state index contributed by atoms with van der Waals surface area (Å²) in [5, 5.41) is 3.28. The molecular weight excluding hydrogens is 341 g/mol. The molecule has 132 valence electrons. The molecule has 0 aromatic heterocycles. The Morgan fingerprint density at radius 1 is 1.04 bits per heavy atom. The van der Waals surface area contributed by atoms with Crippen LogP contribution < -0.4 is 13.9 Å². The van der Waals surface area contributed by atoms with Gasteiger partial charge in [0.15, 0.2) is 0 Å². The summed E-state index contributed by atoms with van der Waals surface area (Å²) in [6.45, 7) is 2.15. The van der Waals surface area contributed by atoms with Crippen molar-refractivity contribution < 1.29 is 12.8 Å². The van der Waals surface area contributed by atoms with Gasteiger partial charge in [0, 0.05) is 6.54 Å². The van der Waals surface area contributed by atoms with Gasteiger partial charge in [0.05, 0.1) is 11.4 Å². The van der Waals surface area contributed by atoms with Crippen LogP contribution in [0.15, 0.2) is 48.5 Å². The van der Waals surface area contributed by atoms with Crippen LogP contribution in [0.3, 0.4) is 0 Å². The number of para-hydroxylation sites is 2. The molecule has 0 aliphatic carbocycles. The van der Waals surface area contributed by atoms with E-state index in [0.717, 1.165) is 30.2 Å². The van der Waals surface area contributed by atoms with Crippen molar-refractivity contribution in [2.24, 2.45) is 5.92 Å². The average molecular weight is 361 g/mol. The van der Waals surface area contributed by atoms with Crippen molar-refractivity contribution in [1.29, 1.82) is 0 Å². The van der Waals surface area contributed by atoms with Gasteiger partial charge in [-0.15, -0.1) is 0 Å². The minimum absolute atomic E-state index is 0.114. The minimum atomic E-state index is -3.86. The van der Waals surface area contributed by atoms with Gasteiger partial charge in [0.25, 0.3) is 0 Å². The fraction of sp³-hybridized carbons (Fsp3) is 0.333. The minimum Gasteiger partial charge on any atom is -0.317 e. The van der Waals surface area contributed by atoms with Crippen LogP contribution in [0.1, 0.15) is 12.8 Å². The fourth-order valence-electron chi connectivity index (χ4n) is 3.56. The zero-order chi connectivity index (χ0) is 17.4. The summed E-state index contributed by atoms with van der Waals surface area (Å²) < 4.78 is 43.6. The summed E-state index contributed by atoms with van der Waals surface area (Å²) >= 11 is 0. The van der Waals surface area contributed by atoms with Gasteiger partial charge in [-0.1, -0.05) is 24.3 Å². The molecule has 2 aromatic carbocycles. The molecule has 0 unspecified atom stereocenters.